The molecule has 1 fully saturated rings. The Hall–Kier alpha value is -2.21. The van der Waals surface area contributed by atoms with Crippen LogP contribution in [0.1, 0.15) is 12.5 Å². The first-order valence-electron chi connectivity index (χ1n) is 8.97. The monoisotopic (exact) mass is 414 g/mol. The molecule has 0 aromatic heterocycles. The van der Waals surface area contributed by atoms with E-state index in [1.807, 2.05) is 0 Å². The van der Waals surface area contributed by atoms with Crippen LogP contribution >= 0.6 is 0 Å². The van der Waals surface area contributed by atoms with E-state index in [0.717, 1.165) is 0 Å². The number of carbonyl (C=O) groups excluding carboxylic acids is 1. The molecule has 6 N–H and O–H groups in total. The van der Waals surface area contributed by atoms with Crippen LogP contribution in [0.15, 0.2) is 29.8 Å². The van der Waals surface area contributed by atoms with Crippen LogP contribution in [0.4, 0.5) is 0 Å². The summed E-state index contributed by atoms with van der Waals surface area (Å²) in [5.41, 5.74) is 1.01. The van der Waals surface area contributed by atoms with Gasteiger partial charge in [-0.05, 0) is 30.2 Å². The minimum atomic E-state index is -1.58. The van der Waals surface area contributed by atoms with Gasteiger partial charge in [-0.2, -0.15) is 0 Å². The van der Waals surface area contributed by atoms with E-state index in [-0.39, 0.29) is 25.4 Å². The van der Waals surface area contributed by atoms with Gasteiger partial charge in [0.05, 0.1) is 26.2 Å². The SMILES string of the molecule is C/C(=C\CO)CO[C@@H]1O[C@H](CO)[C@@H](O)[C@H](O)[C@H]1OC(=O)Cc1ccc(O)c(O)c1. The number of aliphatic hydroxyl groups excluding tert-OH is 4. The Balaban J connectivity index is 2.10. The van der Waals surface area contributed by atoms with E-state index in [4.69, 9.17) is 19.3 Å². The van der Waals surface area contributed by atoms with E-state index >= 15 is 0 Å². The van der Waals surface area contributed by atoms with Crippen LogP contribution in [0.5, 0.6) is 11.5 Å². The van der Waals surface area contributed by atoms with Crippen LogP contribution in [0.25, 0.3) is 0 Å². The summed E-state index contributed by atoms with van der Waals surface area (Å²) < 4.78 is 16.2. The summed E-state index contributed by atoms with van der Waals surface area (Å²) in [5, 5.41) is 57.5. The Morgan fingerprint density at radius 1 is 1.17 bits per heavy atom. The number of hydrogen-bond acceptors (Lipinski definition) is 10. The summed E-state index contributed by atoms with van der Waals surface area (Å²) in [6.45, 7) is 0.897. The van der Waals surface area contributed by atoms with Gasteiger partial charge in [-0.3, -0.25) is 4.79 Å². The second-order valence-electron chi connectivity index (χ2n) is 6.71. The van der Waals surface area contributed by atoms with Crippen molar-refractivity contribution < 1.29 is 49.6 Å². The molecule has 1 heterocycles. The van der Waals surface area contributed by atoms with Gasteiger partial charge in [0.1, 0.15) is 18.3 Å². The molecule has 0 radical (unpaired) electrons. The fraction of sp³-hybridized carbons (Fsp3) is 0.526. The maximum atomic E-state index is 12.3. The van der Waals surface area contributed by atoms with E-state index in [1.54, 1.807) is 6.92 Å². The van der Waals surface area contributed by atoms with Gasteiger partial charge in [0, 0.05) is 0 Å². The summed E-state index contributed by atoms with van der Waals surface area (Å²) in [6.07, 6.45) is -5.67. The molecule has 5 atom stereocenters. The summed E-state index contributed by atoms with van der Waals surface area (Å²) in [4.78, 5) is 12.3. The van der Waals surface area contributed by atoms with Gasteiger partial charge in [-0.15, -0.1) is 0 Å². The average Bonchev–Trinajstić information content (AvgIpc) is 2.68. The van der Waals surface area contributed by atoms with Gasteiger partial charge in [0.25, 0.3) is 0 Å². The zero-order valence-electron chi connectivity index (χ0n) is 15.8. The zero-order valence-corrected chi connectivity index (χ0v) is 15.8. The first kappa shape index (κ1) is 23.1. The molecule has 2 rings (SSSR count). The van der Waals surface area contributed by atoms with Crippen LogP contribution in [0.2, 0.25) is 0 Å². The van der Waals surface area contributed by atoms with Crippen molar-refractivity contribution in [3.8, 4) is 11.5 Å². The molecule has 1 aliphatic rings. The lowest BCUT2D eigenvalue weighted by atomic mass is 9.99. The predicted molar refractivity (Wildman–Crippen MR) is 97.9 cm³/mol. The molecule has 1 aromatic carbocycles. The van der Waals surface area contributed by atoms with Gasteiger partial charge in [0.15, 0.2) is 23.9 Å². The third kappa shape index (κ3) is 6.13. The molecule has 0 aliphatic carbocycles. The van der Waals surface area contributed by atoms with Gasteiger partial charge in [0.2, 0.25) is 0 Å². The molecule has 0 bridgehead atoms. The molecule has 0 spiro atoms. The number of benzene rings is 1. The second-order valence-corrected chi connectivity index (χ2v) is 6.71. The van der Waals surface area contributed by atoms with Crippen molar-refractivity contribution in [2.24, 2.45) is 0 Å². The van der Waals surface area contributed by atoms with Crippen molar-refractivity contribution in [1.29, 1.82) is 0 Å². The van der Waals surface area contributed by atoms with E-state index in [0.29, 0.717) is 11.1 Å². The van der Waals surface area contributed by atoms with E-state index in [2.05, 4.69) is 0 Å². The highest BCUT2D eigenvalue weighted by molar-refractivity contribution is 5.73. The Labute approximate surface area is 167 Å². The minimum Gasteiger partial charge on any atom is -0.504 e. The van der Waals surface area contributed by atoms with Crippen LogP contribution in [-0.2, 0) is 25.4 Å². The predicted octanol–water partition coefficient (Wildman–Crippen LogP) is -1.05. The van der Waals surface area contributed by atoms with Crippen molar-refractivity contribution in [2.45, 2.75) is 44.1 Å². The number of esters is 1. The number of phenolic OH excluding ortho intramolecular Hbond substituents is 2. The number of aliphatic hydroxyl groups is 4. The second kappa shape index (κ2) is 10.5. The van der Waals surface area contributed by atoms with Gasteiger partial charge in [-0.1, -0.05) is 12.1 Å². The molecule has 162 valence electrons. The minimum absolute atomic E-state index is 0.00786. The number of aromatic hydroxyl groups is 2. The number of ether oxygens (including phenoxy) is 3. The topological polar surface area (TPSA) is 166 Å². The normalized spacial score (nSPS) is 27.6. The smallest absolute Gasteiger partial charge is 0.310 e. The molecule has 10 nitrogen and oxygen atoms in total. The maximum Gasteiger partial charge on any atom is 0.310 e. The highest BCUT2D eigenvalue weighted by atomic mass is 16.7. The Bertz CT molecular complexity index is 719. The maximum absolute atomic E-state index is 12.3. The summed E-state index contributed by atoms with van der Waals surface area (Å²) in [6, 6.07) is 3.82. The molecule has 0 unspecified atom stereocenters. The Morgan fingerprint density at radius 3 is 2.52 bits per heavy atom. The molecule has 10 heteroatoms. The van der Waals surface area contributed by atoms with Crippen LogP contribution in [0.3, 0.4) is 0 Å². The zero-order chi connectivity index (χ0) is 21.6. The first-order chi connectivity index (χ1) is 13.8. The molecule has 29 heavy (non-hydrogen) atoms. The van der Waals surface area contributed by atoms with Gasteiger partial charge in [-0.25, -0.2) is 0 Å². The summed E-state index contributed by atoms with van der Waals surface area (Å²) >= 11 is 0. The van der Waals surface area contributed by atoms with E-state index in [1.165, 1.54) is 24.3 Å². The fourth-order valence-corrected chi connectivity index (χ4v) is 2.78. The largest absolute Gasteiger partial charge is 0.504 e. The quantitative estimate of drug-likeness (QED) is 0.175. The molecule has 0 amide bonds. The fourth-order valence-electron chi connectivity index (χ4n) is 2.78. The van der Waals surface area contributed by atoms with Gasteiger partial charge >= 0.3 is 5.97 Å². The van der Waals surface area contributed by atoms with Crippen LogP contribution in [0, 0.1) is 0 Å². The number of rotatable bonds is 8. The molecule has 1 aliphatic heterocycles. The lowest BCUT2D eigenvalue weighted by Crippen LogP contribution is -2.60. The molecular weight excluding hydrogens is 388 g/mol. The Morgan fingerprint density at radius 2 is 1.90 bits per heavy atom. The summed E-state index contributed by atoms with van der Waals surface area (Å²) in [7, 11) is 0. The number of phenols is 2. The van der Waals surface area contributed by atoms with Crippen molar-refractivity contribution in [1.82, 2.24) is 0 Å². The Kier molecular flexibility index (Phi) is 8.38. The van der Waals surface area contributed by atoms with E-state index in [9.17, 15) is 30.3 Å². The molecule has 0 saturated carbocycles. The molecule has 1 saturated heterocycles. The summed E-state index contributed by atoms with van der Waals surface area (Å²) in [5.74, 6) is -1.53. The molecular formula is C19H26O10. The van der Waals surface area contributed by atoms with Crippen molar-refractivity contribution in [2.75, 3.05) is 19.8 Å². The van der Waals surface area contributed by atoms with Crippen molar-refractivity contribution in [3.63, 3.8) is 0 Å². The average molecular weight is 414 g/mol. The molecule has 1 aromatic rings. The first-order valence-corrected chi connectivity index (χ1v) is 8.97. The lowest BCUT2D eigenvalue weighted by molar-refractivity contribution is -0.302. The van der Waals surface area contributed by atoms with Crippen molar-refractivity contribution >= 4 is 5.97 Å². The van der Waals surface area contributed by atoms with Crippen molar-refractivity contribution in [3.05, 3.63) is 35.4 Å². The van der Waals surface area contributed by atoms with Crippen LogP contribution in [-0.4, -0.2) is 87.1 Å². The highest BCUT2D eigenvalue weighted by Crippen LogP contribution is 2.27. The van der Waals surface area contributed by atoms with E-state index < -0.39 is 49.0 Å². The lowest BCUT2D eigenvalue weighted by Gasteiger charge is -2.41. The van der Waals surface area contributed by atoms with Crippen LogP contribution < -0.4 is 0 Å². The number of carbonyl (C=O) groups is 1. The number of hydrogen-bond donors (Lipinski definition) is 6. The third-order valence-corrected chi connectivity index (χ3v) is 4.40. The third-order valence-electron chi connectivity index (χ3n) is 4.40. The van der Waals surface area contributed by atoms with Gasteiger partial charge < -0.3 is 44.8 Å². The standard InChI is InChI=1S/C19H26O10/c1-10(4-5-20)9-27-19-18(17(26)16(25)14(8-21)28-19)29-15(24)7-11-2-3-12(22)13(23)6-11/h2-4,6,14,16-23,25-26H,5,7-9H2,1H3/b10-4+/t14-,16-,17+,18-,19-/m1/s1. The highest BCUT2D eigenvalue weighted by Gasteiger charge is 2.47.